The lowest BCUT2D eigenvalue weighted by molar-refractivity contribution is 0.0856. The van der Waals surface area contributed by atoms with Crippen LogP contribution in [0.1, 0.15) is 18.0 Å². The molecule has 3 rings (SSSR count). The molecule has 2 heterocycles. The van der Waals surface area contributed by atoms with E-state index < -0.39 is 0 Å². The van der Waals surface area contributed by atoms with Crippen LogP contribution in [-0.2, 0) is 0 Å². The lowest BCUT2D eigenvalue weighted by atomic mass is 9.98. The molecule has 92 valence electrons. The van der Waals surface area contributed by atoms with Crippen molar-refractivity contribution in [3.05, 3.63) is 29.8 Å². The summed E-state index contributed by atoms with van der Waals surface area (Å²) in [5, 5.41) is 0. The maximum atomic E-state index is 5.73. The summed E-state index contributed by atoms with van der Waals surface area (Å²) in [7, 11) is 2.20. The highest BCUT2D eigenvalue weighted by Gasteiger charge is 2.28. The first-order chi connectivity index (χ1) is 8.34. The number of hydrogen-bond acceptors (Lipinski definition) is 3. The highest BCUT2D eigenvalue weighted by atomic mass is 16.5. The minimum Gasteiger partial charge on any atom is -0.493 e. The van der Waals surface area contributed by atoms with Gasteiger partial charge in [0.05, 0.1) is 6.61 Å². The number of nitrogens with zero attached hydrogens (tertiary/aromatic N) is 2. The third-order valence-electron chi connectivity index (χ3n) is 3.91. The Morgan fingerprint density at radius 2 is 1.88 bits per heavy atom. The molecule has 3 nitrogen and oxygen atoms in total. The van der Waals surface area contributed by atoms with Gasteiger partial charge in [0, 0.05) is 44.2 Å². The van der Waals surface area contributed by atoms with Crippen molar-refractivity contribution in [3.63, 3.8) is 0 Å². The quantitative estimate of drug-likeness (QED) is 0.734. The fourth-order valence-electron chi connectivity index (χ4n) is 2.84. The summed E-state index contributed by atoms with van der Waals surface area (Å²) < 4.78 is 5.73. The number of benzene rings is 1. The fourth-order valence-corrected chi connectivity index (χ4v) is 2.84. The monoisotopic (exact) mass is 232 g/mol. The van der Waals surface area contributed by atoms with Gasteiger partial charge in [-0.1, -0.05) is 18.2 Å². The minimum absolute atomic E-state index is 0.564. The SMILES string of the molecule is CN1CCN(C2CCOc3ccccc32)CC1. The molecule has 0 amide bonds. The van der Waals surface area contributed by atoms with Gasteiger partial charge < -0.3 is 9.64 Å². The van der Waals surface area contributed by atoms with E-state index in [1.165, 1.54) is 31.7 Å². The van der Waals surface area contributed by atoms with Crippen LogP contribution in [0.15, 0.2) is 24.3 Å². The molecule has 0 aliphatic carbocycles. The van der Waals surface area contributed by atoms with Crippen molar-refractivity contribution in [2.75, 3.05) is 39.8 Å². The second kappa shape index (κ2) is 4.67. The normalized spacial score (nSPS) is 26.3. The van der Waals surface area contributed by atoms with Gasteiger partial charge in [-0.15, -0.1) is 0 Å². The first-order valence-corrected chi connectivity index (χ1v) is 6.49. The van der Waals surface area contributed by atoms with Crippen LogP contribution >= 0.6 is 0 Å². The molecule has 1 fully saturated rings. The Balaban J connectivity index is 1.80. The molecule has 0 saturated carbocycles. The standard InChI is InChI=1S/C14H20N2O/c1-15-7-9-16(10-8-15)13-6-11-17-14-5-3-2-4-12(13)14/h2-5,13H,6-11H2,1H3. The summed E-state index contributed by atoms with van der Waals surface area (Å²) in [6.07, 6.45) is 1.13. The first kappa shape index (κ1) is 11.1. The van der Waals surface area contributed by atoms with E-state index in [9.17, 15) is 0 Å². The Hall–Kier alpha value is -1.06. The number of fused-ring (bicyclic) bond motifs is 1. The van der Waals surface area contributed by atoms with Crippen molar-refractivity contribution in [2.45, 2.75) is 12.5 Å². The van der Waals surface area contributed by atoms with Crippen LogP contribution in [0.25, 0.3) is 0 Å². The van der Waals surface area contributed by atoms with Gasteiger partial charge in [0.1, 0.15) is 5.75 Å². The summed E-state index contributed by atoms with van der Waals surface area (Å²) in [4.78, 5) is 5.02. The fraction of sp³-hybridized carbons (Fsp3) is 0.571. The van der Waals surface area contributed by atoms with Crippen molar-refractivity contribution in [1.29, 1.82) is 0 Å². The molecule has 1 atom stereocenters. The summed E-state index contributed by atoms with van der Waals surface area (Å²) in [6, 6.07) is 9.06. The lowest BCUT2D eigenvalue weighted by Gasteiger charge is -2.40. The summed E-state index contributed by atoms with van der Waals surface area (Å²) in [6.45, 7) is 5.57. The van der Waals surface area contributed by atoms with Crippen molar-refractivity contribution >= 4 is 0 Å². The predicted molar refractivity (Wildman–Crippen MR) is 68.4 cm³/mol. The third-order valence-corrected chi connectivity index (χ3v) is 3.91. The van der Waals surface area contributed by atoms with E-state index >= 15 is 0 Å². The minimum atomic E-state index is 0.564. The van der Waals surface area contributed by atoms with Crippen LogP contribution in [0.5, 0.6) is 5.75 Å². The summed E-state index contributed by atoms with van der Waals surface area (Å²) >= 11 is 0. The first-order valence-electron chi connectivity index (χ1n) is 6.49. The molecular weight excluding hydrogens is 212 g/mol. The van der Waals surface area contributed by atoms with Crippen LogP contribution < -0.4 is 4.74 Å². The zero-order valence-corrected chi connectivity index (χ0v) is 10.4. The average molecular weight is 232 g/mol. The van der Waals surface area contributed by atoms with E-state index in [1.807, 2.05) is 0 Å². The van der Waals surface area contributed by atoms with Gasteiger partial charge in [-0.3, -0.25) is 4.90 Å². The number of ether oxygens (including phenoxy) is 1. The summed E-state index contributed by atoms with van der Waals surface area (Å²) in [5.74, 6) is 1.09. The zero-order chi connectivity index (χ0) is 11.7. The molecule has 0 spiro atoms. The lowest BCUT2D eigenvalue weighted by Crippen LogP contribution is -2.46. The molecule has 17 heavy (non-hydrogen) atoms. The molecule has 0 bridgehead atoms. The molecule has 1 aromatic carbocycles. The number of para-hydroxylation sites is 1. The Morgan fingerprint density at radius 1 is 1.12 bits per heavy atom. The van der Waals surface area contributed by atoms with Crippen LogP contribution in [0.4, 0.5) is 0 Å². The van der Waals surface area contributed by atoms with E-state index in [4.69, 9.17) is 4.74 Å². The molecule has 0 N–H and O–H groups in total. The van der Waals surface area contributed by atoms with Crippen molar-refractivity contribution < 1.29 is 4.74 Å². The highest BCUT2D eigenvalue weighted by Crippen LogP contribution is 2.35. The Labute approximate surface area is 103 Å². The molecule has 3 heteroatoms. The van der Waals surface area contributed by atoms with E-state index in [2.05, 4.69) is 41.1 Å². The maximum Gasteiger partial charge on any atom is 0.124 e. The topological polar surface area (TPSA) is 15.7 Å². The Bertz CT molecular complexity index is 386. The highest BCUT2D eigenvalue weighted by molar-refractivity contribution is 5.37. The maximum absolute atomic E-state index is 5.73. The number of likely N-dealkylation sites (N-methyl/N-ethyl adjacent to an activating group) is 1. The molecule has 0 aromatic heterocycles. The molecule has 1 saturated heterocycles. The van der Waals surface area contributed by atoms with Crippen LogP contribution in [0.2, 0.25) is 0 Å². The summed E-state index contributed by atoms with van der Waals surface area (Å²) in [5.41, 5.74) is 1.38. The molecule has 0 radical (unpaired) electrons. The second-order valence-electron chi connectivity index (χ2n) is 5.03. The van der Waals surface area contributed by atoms with Gasteiger partial charge >= 0.3 is 0 Å². The number of piperazine rings is 1. The molecule has 1 unspecified atom stereocenters. The molecule has 1 aromatic rings. The van der Waals surface area contributed by atoms with Crippen molar-refractivity contribution in [1.82, 2.24) is 9.80 Å². The predicted octanol–water partition coefficient (Wildman–Crippen LogP) is 1.76. The van der Waals surface area contributed by atoms with Gasteiger partial charge in [0.25, 0.3) is 0 Å². The van der Waals surface area contributed by atoms with Gasteiger partial charge in [-0.2, -0.15) is 0 Å². The van der Waals surface area contributed by atoms with Crippen LogP contribution in [0, 0.1) is 0 Å². The number of hydrogen-bond donors (Lipinski definition) is 0. The largest absolute Gasteiger partial charge is 0.493 e. The van der Waals surface area contributed by atoms with Crippen LogP contribution in [0.3, 0.4) is 0 Å². The van der Waals surface area contributed by atoms with E-state index in [0.717, 1.165) is 18.8 Å². The molecule has 2 aliphatic rings. The third kappa shape index (κ3) is 2.17. The van der Waals surface area contributed by atoms with Gasteiger partial charge in [-0.05, 0) is 13.1 Å². The van der Waals surface area contributed by atoms with E-state index in [1.54, 1.807) is 0 Å². The van der Waals surface area contributed by atoms with Gasteiger partial charge in [0.15, 0.2) is 0 Å². The average Bonchev–Trinajstić information content (AvgIpc) is 2.39. The molecular formula is C14H20N2O. The van der Waals surface area contributed by atoms with Crippen molar-refractivity contribution in [2.24, 2.45) is 0 Å². The van der Waals surface area contributed by atoms with Gasteiger partial charge in [-0.25, -0.2) is 0 Å². The van der Waals surface area contributed by atoms with E-state index in [-0.39, 0.29) is 0 Å². The Kier molecular flexibility index (Phi) is 3.04. The Morgan fingerprint density at radius 3 is 2.71 bits per heavy atom. The van der Waals surface area contributed by atoms with E-state index in [0.29, 0.717) is 6.04 Å². The second-order valence-corrected chi connectivity index (χ2v) is 5.03. The smallest absolute Gasteiger partial charge is 0.124 e. The zero-order valence-electron chi connectivity index (χ0n) is 10.4. The van der Waals surface area contributed by atoms with Crippen LogP contribution in [-0.4, -0.2) is 49.6 Å². The van der Waals surface area contributed by atoms with Crippen molar-refractivity contribution in [3.8, 4) is 5.75 Å². The number of rotatable bonds is 1. The van der Waals surface area contributed by atoms with Gasteiger partial charge in [0.2, 0.25) is 0 Å². The molecule has 2 aliphatic heterocycles.